The fourth-order valence-electron chi connectivity index (χ4n) is 4.08. The average Bonchev–Trinajstić information content (AvgIpc) is 3.11. The van der Waals surface area contributed by atoms with Gasteiger partial charge in [-0.25, -0.2) is 9.59 Å². The molecule has 2 aliphatic heterocycles. The maximum absolute atomic E-state index is 12.2. The first-order valence-corrected chi connectivity index (χ1v) is 10.1. The number of aliphatic carboxylic acids is 2. The largest absolute Gasteiger partial charge is 0.490 e. The highest BCUT2D eigenvalue weighted by Crippen LogP contribution is 2.39. The van der Waals surface area contributed by atoms with E-state index in [0.29, 0.717) is 0 Å². The number of amides is 1. The molecule has 11 heteroatoms. The van der Waals surface area contributed by atoms with Crippen molar-refractivity contribution in [3.05, 3.63) is 35.9 Å². The van der Waals surface area contributed by atoms with E-state index in [1.807, 2.05) is 11.0 Å². The molecule has 1 spiro atoms. The molecule has 2 N–H and O–H groups in total. The fourth-order valence-corrected chi connectivity index (χ4v) is 4.08. The lowest BCUT2D eigenvalue weighted by molar-refractivity contribution is -0.192. The number of ether oxygens (including phenoxy) is 1. The van der Waals surface area contributed by atoms with Gasteiger partial charge in [0.05, 0.1) is 0 Å². The van der Waals surface area contributed by atoms with Gasteiger partial charge in [-0.15, -0.1) is 0 Å². The van der Waals surface area contributed by atoms with Crippen molar-refractivity contribution in [1.82, 2.24) is 9.80 Å². The first-order valence-electron chi connectivity index (χ1n) is 10.1. The first-order chi connectivity index (χ1) is 15.0. The number of piperidine rings is 1. The summed E-state index contributed by atoms with van der Waals surface area (Å²) >= 11 is 0. The van der Waals surface area contributed by atoms with Gasteiger partial charge in [-0.3, -0.25) is 9.69 Å². The second kappa shape index (κ2) is 11.3. The van der Waals surface area contributed by atoms with E-state index in [1.54, 1.807) is 0 Å². The zero-order valence-electron chi connectivity index (χ0n) is 17.5. The van der Waals surface area contributed by atoms with Crippen molar-refractivity contribution in [2.24, 2.45) is 5.41 Å². The molecule has 1 unspecified atom stereocenters. The summed E-state index contributed by atoms with van der Waals surface area (Å²) in [6, 6.07) is 10.5. The molecule has 0 saturated carbocycles. The monoisotopic (exact) mass is 460 g/mol. The number of nitrogens with zero attached hydrogens (tertiary/aromatic N) is 2. The molecule has 32 heavy (non-hydrogen) atoms. The molecular formula is C21H27F3N2O6. The van der Waals surface area contributed by atoms with Gasteiger partial charge in [-0.1, -0.05) is 30.3 Å². The summed E-state index contributed by atoms with van der Waals surface area (Å²) in [4.78, 5) is 35.9. The Labute approximate surface area is 183 Å². The number of alkyl halides is 3. The molecule has 8 nitrogen and oxygen atoms in total. The standard InChI is InChI=1S/C19H26N2O4.C2HF3O2/c22-17(12-25-13-18(23)24)21-10-8-19(15-21)7-4-9-20(14-19)11-16-5-2-1-3-6-16;3-2(4,5)1(6)7/h1-3,5-6H,4,7-15H2,(H,23,24);(H,6,7). The molecule has 2 fully saturated rings. The molecule has 1 amide bonds. The highest BCUT2D eigenvalue weighted by Gasteiger charge is 2.42. The van der Waals surface area contributed by atoms with Crippen LogP contribution in [0.25, 0.3) is 0 Å². The van der Waals surface area contributed by atoms with Crippen molar-refractivity contribution >= 4 is 17.8 Å². The maximum Gasteiger partial charge on any atom is 0.490 e. The summed E-state index contributed by atoms with van der Waals surface area (Å²) < 4.78 is 36.7. The Balaban J connectivity index is 0.000000451. The third-order valence-corrected chi connectivity index (χ3v) is 5.47. The van der Waals surface area contributed by atoms with Gasteiger partial charge in [0.25, 0.3) is 0 Å². The van der Waals surface area contributed by atoms with Crippen LogP contribution < -0.4 is 0 Å². The molecule has 0 aromatic heterocycles. The Morgan fingerprint density at radius 3 is 2.25 bits per heavy atom. The Morgan fingerprint density at radius 1 is 1.00 bits per heavy atom. The van der Waals surface area contributed by atoms with Crippen molar-refractivity contribution in [2.75, 3.05) is 39.4 Å². The van der Waals surface area contributed by atoms with Crippen molar-refractivity contribution in [1.29, 1.82) is 0 Å². The number of likely N-dealkylation sites (tertiary alicyclic amines) is 2. The second-order valence-corrected chi connectivity index (χ2v) is 8.05. The predicted octanol–water partition coefficient (Wildman–Crippen LogP) is 2.24. The lowest BCUT2D eigenvalue weighted by Gasteiger charge is -2.40. The number of carbonyl (C=O) groups excluding carboxylic acids is 1. The van der Waals surface area contributed by atoms with Crippen LogP contribution in [0.1, 0.15) is 24.8 Å². The van der Waals surface area contributed by atoms with E-state index < -0.39 is 24.7 Å². The van der Waals surface area contributed by atoms with Crippen LogP contribution in [0.2, 0.25) is 0 Å². The molecule has 0 aliphatic carbocycles. The van der Waals surface area contributed by atoms with Crippen LogP contribution in [0.5, 0.6) is 0 Å². The van der Waals surface area contributed by atoms with E-state index in [9.17, 15) is 22.8 Å². The van der Waals surface area contributed by atoms with E-state index in [2.05, 4.69) is 29.2 Å². The number of hydrogen-bond acceptors (Lipinski definition) is 5. The zero-order chi connectivity index (χ0) is 23.8. The van der Waals surface area contributed by atoms with Crippen LogP contribution in [0.3, 0.4) is 0 Å². The first kappa shape index (κ1) is 25.6. The van der Waals surface area contributed by atoms with Crippen LogP contribution >= 0.6 is 0 Å². The van der Waals surface area contributed by atoms with Crippen molar-refractivity contribution in [3.8, 4) is 0 Å². The van der Waals surface area contributed by atoms with Gasteiger partial charge in [-0.05, 0) is 31.4 Å². The Bertz CT molecular complexity index is 789. The molecule has 2 saturated heterocycles. The topological polar surface area (TPSA) is 107 Å². The molecule has 2 aliphatic rings. The average molecular weight is 460 g/mol. The van der Waals surface area contributed by atoms with Crippen molar-refractivity contribution in [2.45, 2.75) is 32.0 Å². The minimum atomic E-state index is -5.08. The number of benzene rings is 1. The molecule has 3 rings (SSSR count). The van der Waals surface area contributed by atoms with Crippen LogP contribution in [-0.2, 0) is 25.7 Å². The van der Waals surface area contributed by atoms with Crippen LogP contribution in [0, 0.1) is 5.41 Å². The quantitative estimate of drug-likeness (QED) is 0.670. The van der Waals surface area contributed by atoms with Gasteiger partial charge >= 0.3 is 18.1 Å². The van der Waals surface area contributed by atoms with E-state index >= 15 is 0 Å². The third kappa shape index (κ3) is 8.12. The summed E-state index contributed by atoms with van der Waals surface area (Å²) in [5.74, 6) is -3.90. The molecule has 1 atom stereocenters. The number of carboxylic acid groups (broad SMARTS) is 2. The maximum atomic E-state index is 12.2. The van der Waals surface area contributed by atoms with E-state index in [4.69, 9.17) is 19.7 Å². The zero-order valence-corrected chi connectivity index (χ0v) is 17.5. The summed E-state index contributed by atoms with van der Waals surface area (Å²) in [7, 11) is 0. The minimum Gasteiger partial charge on any atom is -0.480 e. The second-order valence-electron chi connectivity index (χ2n) is 8.05. The molecule has 1 aromatic carbocycles. The van der Waals surface area contributed by atoms with Crippen molar-refractivity contribution in [3.63, 3.8) is 0 Å². The number of halogens is 3. The smallest absolute Gasteiger partial charge is 0.480 e. The van der Waals surface area contributed by atoms with E-state index in [-0.39, 0.29) is 17.9 Å². The Hall–Kier alpha value is -2.66. The normalized spacial score (nSPS) is 21.2. The number of carboxylic acids is 2. The SMILES string of the molecule is O=C(O)C(F)(F)F.O=C(O)COCC(=O)N1CCC2(CCCN(Cc3ccccc3)C2)C1. The molecule has 1 aromatic rings. The summed E-state index contributed by atoms with van der Waals surface area (Å²) in [5, 5.41) is 15.7. The minimum absolute atomic E-state index is 0.0988. The third-order valence-electron chi connectivity index (χ3n) is 5.47. The lowest BCUT2D eigenvalue weighted by atomic mass is 9.79. The van der Waals surface area contributed by atoms with E-state index in [0.717, 1.165) is 52.0 Å². The Morgan fingerprint density at radius 2 is 1.66 bits per heavy atom. The highest BCUT2D eigenvalue weighted by atomic mass is 19.4. The molecule has 178 valence electrons. The number of hydrogen-bond donors (Lipinski definition) is 2. The lowest BCUT2D eigenvalue weighted by Crippen LogP contribution is -2.45. The van der Waals surface area contributed by atoms with E-state index in [1.165, 1.54) is 5.56 Å². The van der Waals surface area contributed by atoms with Gasteiger partial charge in [0.15, 0.2) is 0 Å². The van der Waals surface area contributed by atoms with Gasteiger partial charge in [0.1, 0.15) is 13.2 Å². The van der Waals surface area contributed by atoms with Crippen LogP contribution in [0.4, 0.5) is 13.2 Å². The highest BCUT2D eigenvalue weighted by molar-refractivity contribution is 5.78. The van der Waals surface area contributed by atoms with Gasteiger partial charge in [0.2, 0.25) is 5.91 Å². The molecule has 0 bridgehead atoms. The van der Waals surface area contributed by atoms with Crippen molar-refractivity contribution < 1.29 is 42.5 Å². The number of carbonyl (C=O) groups is 3. The van der Waals surface area contributed by atoms with Crippen LogP contribution in [0.15, 0.2) is 30.3 Å². The molecule has 2 heterocycles. The Kier molecular flexibility index (Phi) is 9.02. The van der Waals surface area contributed by atoms with Gasteiger partial charge < -0.3 is 19.8 Å². The predicted molar refractivity (Wildman–Crippen MR) is 107 cm³/mol. The summed E-state index contributed by atoms with van der Waals surface area (Å²) in [6.07, 6.45) is -1.76. The summed E-state index contributed by atoms with van der Waals surface area (Å²) in [6.45, 7) is 4.01. The van der Waals surface area contributed by atoms with Crippen LogP contribution in [-0.4, -0.2) is 83.4 Å². The summed E-state index contributed by atoms with van der Waals surface area (Å²) in [5.41, 5.74) is 1.50. The van der Waals surface area contributed by atoms with Gasteiger partial charge in [0, 0.05) is 31.6 Å². The van der Waals surface area contributed by atoms with Gasteiger partial charge in [-0.2, -0.15) is 13.2 Å². The number of rotatable bonds is 6. The molecular weight excluding hydrogens is 433 g/mol. The molecule has 0 radical (unpaired) electrons. The fraction of sp³-hybridized carbons (Fsp3) is 0.571.